The molecule has 23 heavy (non-hydrogen) atoms. The molecule has 3 aromatic rings. The number of rotatable bonds is 5. The fourth-order valence-electron chi connectivity index (χ4n) is 2.64. The summed E-state index contributed by atoms with van der Waals surface area (Å²) in [7, 11) is 0. The second-order valence-electron chi connectivity index (χ2n) is 5.47. The van der Waals surface area contributed by atoms with Crippen molar-refractivity contribution in [2.75, 3.05) is 6.54 Å². The standard InChI is InChI=1S/C18H18N2O2S/c1-13-12-23-18(22)20(13)11-17(21)19-10-9-15-7-4-6-14-5-2-3-8-16(14)15/h2-8,12H,9-11H2,1H3,(H,19,21). The summed E-state index contributed by atoms with van der Waals surface area (Å²) >= 11 is 1.12. The molecule has 0 saturated carbocycles. The van der Waals surface area contributed by atoms with Crippen LogP contribution >= 0.6 is 11.3 Å². The first-order valence-electron chi connectivity index (χ1n) is 7.53. The number of carbonyl (C=O) groups excluding carboxylic acids is 1. The molecule has 0 radical (unpaired) electrons. The lowest BCUT2D eigenvalue weighted by Gasteiger charge is -2.09. The molecule has 0 atom stereocenters. The lowest BCUT2D eigenvalue weighted by Crippen LogP contribution is -2.32. The number of aryl methyl sites for hydroxylation is 1. The summed E-state index contributed by atoms with van der Waals surface area (Å²) in [6.45, 7) is 2.48. The first-order valence-corrected chi connectivity index (χ1v) is 8.41. The highest BCUT2D eigenvalue weighted by atomic mass is 32.1. The molecule has 1 heterocycles. The third kappa shape index (κ3) is 3.51. The minimum Gasteiger partial charge on any atom is -0.354 e. The van der Waals surface area contributed by atoms with Crippen molar-refractivity contribution in [3.05, 3.63) is 68.8 Å². The van der Waals surface area contributed by atoms with E-state index in [0.29, 0.717) is 6.54 Å². The number of amides is 1. The summed E-state index contributed by atoms with van der Waals surface area (Å²) in [5, 5.41) is 7.09. The summed E-state index contributed by atoms with van der Waals surface area (Å²) in [6, 6.07) is 14.4. The number of nitrogens with zero attached hydrogens (tertiary/aromatic N) is 1. The highest BCUT2D eigenvalue weighted by Gasteiger charge is 2.08. The van der Waals surface area contributed by atoms with Gasteiger partial charge in [-0.15, -0.1) is 0 Å². The second-order valence-corrected chi connectivity index (χ2v) is 6.29. The fourth-order valence-corrected chi connectivity index (χ4v) is 3.38. The Kier molecular flexibility index (Phi) is 4.57. The van der Waals surface area contributed by atoms with E-state index in [1.54, 1.807) is 5.38 Å². The average Bonchev–Trinajstić information content (AvgIpc) is 2.87. The predicted octanol–water partition coefficient (Wildman–Crippen LogP) is 2.73. The van der Waals surface area contributed by atoms with Crippen LogP contribution in [0.4, 0.5) is 0 Å². The Morgan fingerprint density at radius 2 is 1.96 bits per heavy atom. The van der Waals surface area contributed by atoms with E-state index in [-0.39, 0.29) is 17.3 Å². The van der Waals surface area contributed by atoms with Gasteiger partial charge in [0.1, 0.15) is 6.54 Å². The van der Waals surface area contributed by atoms with Gasteiger partial charge in [-0.3, -0.25) is 14.2 Å². The molecule has 1 amide bonds. The van der Waals surface area contributed by atoms with E-state index in [0.717, 1.165) is 23.5 Å². The molecule has 1 N–H and O–H groups in total. The highest BCUT2D eigenvalue weighted by Crippen LogP contribution is 2.18. The second kappa shape index (κ2) is 6.79. The van der Waals surface area contributed by atoms with Crippen LogP contribution in [0, 0.1) is 6.92 Å². The Balaban J connectivity index is 1.61. The third-order valence-corrected chi connectivity index (χ3v) is 4.76. The first-order chi connectivity index (χ1) is 11.1. The topological polar surface area (TPSA) is 51.1 Å². The van der Waals surface area contributed by atoms with Crippen LogP contribution in [-0.4, -0.2) is 17.0 Å². The zero-order valence-electron chi connectivity index (χ0n) is 12.9. The smallest absolute Gasteiger partial charge is 0.307 e. The molecular weight excluding hydrogens is 308 g/mol. The zero-order valence-corrected chi connectivity index (χ0v) is 13.7. The highest BCUT2D eigenvalue weighted by molar-refractivity contribution is 7.07. The largest absolute Gasteiger partial charge is 0.354 e. The van der Waals surface area contributed by atoms with Gasteiger partial charge in [0, 0.05) is 17.6 Å². The van der Waals surface area contributed by atoms with Crippen LogP contribution in [0.2, 0.25) is 0 Å². The van der Waals surface area contributed by atoms with Crippen molar-refractivity contribution in [1.82, 2.24) is 9.88 Å². The molecule has 1 aromatic heterocycles. The monoisotopic (exact) mass is 326 g/mol. The predicted molar refractivity (Wildman–Crippen MR) is 94.0 cm³/mol. The van der Waals surface area contributed by atoms with Crippen LogP contribution in [0.15, 0.2) is 52.6 Å². The lowest BCUT2D eigenvalue weighted by molar-refractivity contribution is -0.121. The van der Waals surface area contributed by atoms with Crippen LogP contribution in [0.25, 0.3) is 10.8 Å². The van der Waals surface area contributed by atoms with Crippen LogP contribution in [-0.2, 0) is 17.8 Å². The van der Waals surface area contributed by atoms with Crippen LogP contribution in [0.3, 0.4) is 0 Å². The first kappa shape index (κ1) is 15.5. The fraction of sp³-hybridized carbons (Fsp3) is 0.222. The van der Waals surface area contributed by atoms with Gasteiger partial charge in [-0.05, 0) is 29.7 Å². The van der Waals surface area contributed by atoms with E-state index in [1.165, 1.54) is 20.9 Å². The van der Waals surface area contributed by atoms with E-state index < -0.39 is 0 Å². The zero-order chi connectivity index (χ0) is 16.2. The Hall–Kier alpha value is -2.40. The van der Waals surface area contributed by atoms with Crippen molar-refractivity contribution in [2.24, 2.45) is 0 Å². The van der Waals surface area contributed by atoms with Gasteiger partial charge in [0.15, 0.2) is 0 Å². The quantitative estimate of drug-likeness (QED) is 0.784. The van der Waals surface area contributed by atoms with Crippen molar-refractivity contribution < 1.29 is 4.79 Å². The van der Waals surface area contributed by atoms with Crippen molar-refractivity contribution in [1.29, 1.82) is 0 Å². The molecule has 0 saturated heterocycles. The number of aromatic nitrogens is 1. The molecule has 0 aliphatic carbocycles. The van der Waals surface area contributed by atoms with E-state index in [1.807, 2.05) is 25.1 Å². The van der Waals surface area contributed by atoms with Crippen LogP contribution in [0.5, 0.6) is 0 Å². The summed E-state index contributed by atoms with van der Waals surface area (Å²) < 4.78 is 1.50. The number of nitrogens with one attached hydrogen (secondary N) is 1. The number of hydrogen-bond acceptors (Lipinski definition) is 3. The molecule has 0 unspecified atom stereocenters. The van der Waals surface area contributed by atoms with Gasteiger partial charge in [-0.25, -0.2) is 0 Å². The molecule has 3 rings (SSSR count). The lowest BCUT2D eigenvalue weighted by atomic mass is 10.0. The van der Waals surface area contributed by atoms with Crippen molar-refractivity contribution >= 4 is 28.0 Å². The van der Waals surface area contributed by atoms with Gasteiger partial charge in [0.25, 0.3) is 0 Å². The van der Waals surface area contributed by atoms with Crippen LogP contribution < -0.4 is 10.2 Å². The SMILES string of the molecule is Cc1csc(=O)n1CC(=O)NCCc1cccc2ccccc12. The number of hydrogen-bond donors (Lipinski definition) is 1. The summed E-state index contributed by atoms with van der Waals surface area (Å²) in [5.41, 5.74) is 2.04. The molecule has 0 fully saturated rings. The van der Waals surface area contributed by atoms with E-state index in [4.69, 9.17) is 0 Å². The summed E-state index contributed by atoms with van der Waals surface area (Å²) in [5.74, 6) is -0.131. The van der Waals surface area contributed by atoms with Crippen molar-refractivity contribution in [3.63, 3.8) is 0 Å². The normalized spacial score (nSPS) is 10.8. The van der Waals surface area contributed by atoms with Gasteiger partial charge in [-0.1, -0.05) is 53.8 Å². The Morgan fingerprint density at radius 3 is 2.74 bits per heavy atom. The molecule has 4 nitrogen and oxygen atoms in total. The average molecular weight is 326 g/mol. The molecular formula is C18H18N2O2S. The molecule has 0 bridgehead atoms. The molecule has 0 spiro atoms. The Bertz CT molecular complexity index is 890. The number of thiazole rings is 1. The van der Waals surface area contributed by atoms with Crippen molar-refractivity contribution in [2.45, 2.75) is 19.9 Å². The molecule has 0 aliphatic heterocycles. The maximum atomic E-state index is 12.0. The molecule has 5 heteroatoms. The third-order valence-electron chi connectivity index (χ3n) is 3.87. The van der Waals surface area contributed by atoms with Gasteiger partial charge in [0.2, 0.25) is 5.91 Å². The summed E-state index contributed by atoms with van der Waals surface area (Å²) in [4.78, 5) is 23.5. The van der Waals surface area contributed by atoms with E-state index in [2.05, 4.69) is 29.6 Å². The number of carbonyl (C=O) groups is 1. The van der Waals surface area contributed by atoms with Gasteiger partial charge in [-0.2, -0.15) is 0 Å². The van der Waals surface area contributed by atoms with Crippen molar-refractivity contribution in [3.8, 4) is 0 Å². The van der Waals surface area contributed by atoms with E-state index in [9.17, 15) is 9.59 Å². The molecule has 118 valence electrons. The van der Waals surface area contributed by atoms with Gasteiger partial charge >= 0.3 is 4.87 Å². The maximum Gasteiger partial charge on any atom is 0.307 e. The van der Waals surface area contributed by atoms with Gasteiger partial charge in [0.05, 0.1) is 0 Å². The number of benzene rings is 2. The Morgan fingerprint density at radius 1 is 1.17 bits per heavy atom. The number of fused-ring (bicyclic) bond motifs is 1. The molecule has 0 aliphatic rings. The molecule has 2 aromatic carbocycles. The minimum absolute atomic E-state index is 0.0870. The summed E-state index contributed by atoms with van der Waals surface area (Å²) in [6.07, 6.45) is 0.768. The minimum atomic E-state index is -0.131. The maximum absolute atomic E-state index is 12.0. The van der Waals surface area contributed by atoms with Gasteiger partial charge < -0.3 is 5.32 Å². The van der Waals surface area contributed by atoms with E-state index >= 15 is 0 Å². The Labute approximate surface area is 138 Å². The van der Waals surface area contributed by atoms with Crippen LogP contribution in [0.1, 0.15) is 11.3 Å².